The van der Waals surface area contributed by atoms with Gasteiger partial charge in [-0.3, -0.25) is 4.79 Å². The van der Waals surface area contributed by atoms with Crippen molar-refractivity contribution in [3.8, 4) is 23.3 Å². The van der Waals surface area contributed by atoms with Crippen LogP contribution in [0, 0.1) is 11.8 Å². The van der Waals surface area contributed by atoms with Gasteiger partial charge in [0.05, 0.1) is 7.11 Å². The number of phenols is 1. The molecule has 0 spiro atoms. The van der Waals surface area contributed by atoms with Crippen molar-refractivity contribution >= 4 is 12.4 Å². The normalized spacial score (nSPS) is 9.58. The number of nitrogens with one attached hydrogen (secondary N) is 1. The summed E-state index contributed by atoms with van der Waals surface area (Å²) >= 11 is 0. The summed E-state index contributed by atoms with van der Waals surface area (Å²) < 4.78 is 10.1. The number of amides is 1. The molecule has 0 radical (unpaired) electrons. The van der Waals surface area contributed by atoms with Gasteiger partial charge in [0.25, 0.3) is 0 Å². The zero-order valence-electron chi connectivity index (χ0n) is 14.3. The Kier molecular flexibility index (Phi) is 7.07. The quantitative estimate of drug-likeness (QED) is 0.474. The lowest BCUT2D eigenvalue weighted by Crippen LogP contribution is -2.24. The maximum atomic E-state index is 11.6. The van der Waals surface area contributed by atoms with Crippen LogP contribution in [0.2, 0.25) is 0 Å². The maximum absolute atomic E-state index is 11.6. The van der Waals surface area contributed by atoms with Crippen molar-refractivity contribution in [3.63, 3.8) is 0 Å². The van der Waals surface area contributed by atoms with Crippen molar-refractivity contribution < 1.29 is 24.2 Å². The van der Waals surface area contributed by atoms with Gasteiger partial charge in [0.15, 0.2) is 17.8 Å². The Morgan fingerprint density at radius 1 is 1.27 bits per heavy atom. The monoisotopic (exact) mass is 353 g/mol. The van der Waals surface area contributed by atoms with Crippen molar-refractivity contribution in [1.82, 2.24) is 5.32 Å². The summed E-state index contributed by atoms with van der Waals surface area (Å²) in [5, 5.41) is 12.3. The molecule has 1 amide bonds. The minimum atomic E-state index is -0.518. The number of carbonyl (C=O) groups excluding carboxylic acids is 2. The standard InChI is InChI=1S/C20H19NO5/c1-25-19-12-16(17(13-22)11-18(19)23)9-5-6-10-21-20(24)26-14-15-7-3-2-4-8-15/h2-4,7-8,11-13,23H,6,10,14H2,1H3,(H,21,24). The summed E-state index contributed by atoms with van der Waals surface area (Å²) in [4.78, 5) is 22.7. The Balaban J connectivity index is 1.81. The van der Waals surface area contributed by atoms with Crippen LogP contribution in [0.15, 0.2) is 42.5 Å². The number of benzene rings is 2. The van der Waals surface area contributed by atoms with Crippen molar-refractivity contribution in [2.24, 2.45) is 0 Å². The van der Waals surface area contributed by atoms with Crippen molar-refractivity contribution in [1.29, 1.82) is 0 Å². The lowest BCUT2D eigenvalue weighted by molar-refractivity contribution is 0.112. The highest BCUT2D eigenvalue weighted by Gasteiger charge is 2.07. The van der Waals surface area contributed by atoms with E-state index in [0.717, 1.165) is 5.56 Å². The zero-order valence-corrected chi connectivity index (χ0v) is 14.3. The van der Waals surface area contributed by atoms with E-state index >= 15 is 0 Å². The molecule has 0 fully saturated rings. The van der Waals surface area contributed by atoms with Gasteiger partial charge in [-0.1, -0.05) is 42.2 Å². The van der Waals surface area contributed by atoms with Crippen LogP contribution in [0.5, 0.6) is 11.5 Å². The van der Waals surface area contributed by atoms with E-state index in [0.29, 0.717) is 24.8 Å². The molecule has 0 saturated heterocycles. The molecule has 0 aliphatic heterocycles. The Morgan fingerprint density at radius 3 is 2.73 bits per heavy atom. The molecule has 2 N–H and O–H groups in total. The average Bonchev–Trinajstić information content (AvgIpc) is 2.67. The Bertz CT molecular complexity index is 821. The molecular formula is C20H19NO5. The first-order valence-corrected chi connectivity index (χ1v) is 7.93. The highest BCUT2D eigenvalue weighted by Crippen LogP contribution is 2.28. The smallest absolute Gasteiger partial charge is 0.407 e. The Morgan fingerprint density at radius 2 is 2.04 bits per heavy atom. The molecule has 0 aliphatic rings. The van der Waals surface area contributed by atoms with Gasteiger partial charge in [-0.2, -0.15) is 0 Å². The second-order valence-electron chi connectivity index (χ2n) is 5.27. The maximum Gasteiger partial charge on any atom is 0.407 e. The lowest BCUT2D eigenvalue weighted by atomic mass is 10.1. The van der Waals surface area contributed by atoms with E-state index in [4.69, 9.17) is 9.47 Å². The number of methoxy groups -OCH3 is 1. The number of hydrogen-bond acceptors (Lipinski definition) is 5. The van der Waals surface area contributed by atoms with Gasteiger partial charge >= 0.3 is 6.09 Å². The number of hydrogen-bond donors (Lipinski definition) is 2. The Labute approximate surface area is 151 Å². The number of alkyl carbamates (subject to hydrolysis) is 1. The summed E-state index contributed by atoms with van der Waals surface area (Å²) in [6.45, 7) is 0.514. The summed E-state index contributed by atoms with van der Waals surface area (Å²) in [7, 11) is 1.41. The summed E-state index contributed by atoms with van der Waals surface area (Å²) in [5.74, 6) is 5.81. The number of carbonyl (C=O) groups is 2. The van der Waals surface area contributed by atoms with Gasteiger partial charge in [0.2, 0.25) is 0 Å². The molecule has 2 aromatic carbocycles. The van der Waals surface area contributed by atoms with Crippen LogP contribution in [0.3, 0.4) is 0 Å². The summed E-state index contributed by atoms with van der Waals surface area (Å²) in [6, 6.07) is 12.2. The van der Waals surface area contributed by atoms with Gasteiger partial charge in [-0.25, -0.2) is 4.79 Å². The molecule has 134 valence electrons. The fraction of sp³-hybridized carbons (Fsp3) is 0.200. The van der Waals surface area contributed by atoms with Crippen LogP contribution in [-0.4, -0.2) is 31.1 Å². The number of aldehydes is 1. The van der Waals surface area contributed by atoms with Crippen molar-refractivity contribution in [3.05, 3.63) is 59.2 Å². The summed E-state index contributed by atoms with van der Waals surface area (Å²) in [6.07, 6.45) is 0.472. The number of phenolic OH excluding ortho intramolecular Hbond substituents is 1. The molecule has 2 aromatic rings. The van der Waals surface area contributed by atoms with Gasteiger partial charge in [-0.15, -0.1) is 0 Å². The van der Waals surface area contributed by atoms with E-state index < -0.39 is 6.09 Å². The number of ether oxygens (including phenoxy) is 2. The van der Waals surface area contributed by atoms with Gasteiger partial charge in [0, 0.05) is 30.2 Å². The predicted octanol–water partition coefficient (Wildman–Crippen LogP) is 2.88. The van der Waals surface area contributed by atoms with Gasteiger partial charge in [-0.05, 0) is 11.6 Å². The first-order chi connectivity index (χ1) is 12.6. The first-order valence-electron chi connectivity index (χ1n) is 7.93. The third-order valence-electron chi connectivity index (χ3n) is 3.43. The van der Waals surface area contributed by atoms with Crippen LogP contribution < -0.4 is 10.1 Å². The molecule has 0 bridgehead atoms. The second kappa shape index (κ2) is 9.74. The van der Waals surface area contributed by atoms with E-state index in [1.54, 1.807) is 0 Å². The molecule has 6 heteroatoms. The Hall–Kier alpha value is -3.46. The van der Waals surface area contributed by atoms with Crippen LogP contribution in [0.1, 0.15) is 27.9 Å². The fourth-order valence-corrected chi connectivity index (χ4v) is 2.11. The SMILES string of the molecule is COc1cc(C#CCCNC(=O)OCc2ccccc2)c(C=O)cc1O. The van der Waals surface area contributed by atoms with Gasteiger partial charge < -0.3 is 19.9 Å². The minimum absolute atomic E-state index is 0.122. The molecular weight excluding hydrogens is 334 g/mol. The van der Waals surface area contributed by atoms with Crippen LogP contribution in [0.25, 0.3) is 0 Å². The highest BCUT2D eigenvalue weighted by atomic mass is 16.5. The molecule has 0 aromatic heterocycles. The second-order valence-corrected chi connectivity index (χ2v) is 5.27. The third-order valence-corrected chi connectivity index (χ3v) is 3.43. The molecule has 26 heavy (non-hydrogen) atoms. The first kappa shape index (κ1) is 18.9. The van der Waals surface area contributed by atoms with E-state index in [9.17, 15) is 14.7 Å². The minimum Gasteiger partial charge on any atom is -0.504 e. The molecule has 2 rings (SSSR count). The van der Waals surface area contributed by atoms with E-state index in [1.807, 2.05) is 30.3 Å². The van der Waals surface area contributed by atoms with E-state index in [-0.39, 0.29) is 23.7 Å². The van der Waals surface area contributed by atoms with Gasteiger partial charge in [0.1, 0.15) is 6.61 Å². The molecule has 0 saturated carbocycles. The highest BCUT2D eigenvalue weighted by molar-refractivity contribution is 5.81. The largest absolute Gasteiger partial charge is 0.504 e. The van der Waals surface area contributed by atoms with E-state index in [2.05, 4.69) is 17.2 Å². The molecule has 0 aliphatic carbocycles. The molecule has 6 nitrogen and oxygen atoms in total. The van der Waals surface area contributed by atoms with Crippen LogP contribution >= 0.6 is 0 Å². The molecule has 0 unspecified atom stereocenters. The van der Waals surface area contributed by atoms with Crippen LogP contribution in [0.4, 0.5) is 4.79 Å². The third kappa shape index (κ3) is 5.56. The molecule has 0 heterocycles. The number of aromatic hydroxyl groups is 1. The zero-order chi connectivity index (χ0) is 18.8. The lowest BCUT2D eigenvalue weighted by Gasteiger charge is -2.06. The average molecular weight is 353 g/mol. The predicted molar refractivity (Wildman–Crippen MR) is 96.2 cm³/mol. The van der Waals surface area contributed by atoms with Crippen molar-refractivity contribution in [2.75, 3.05) is 13.7 Å². The van der Waals surface area contributed by atoms with Crippen molar-refractivity contribution in [2.45, 2.75) is 13.0 Å². The molecule has 0 atom stereocenters. The fourth-order valence-electron chi connectivity index (χ4n) is 2.11. The topological polar surface area (TPSA) is 84.9 Å². The summed E-state index contributed by atoms with van der Waals surface area (Å²) in [5.41, 5.74) is 1.62. The van der Waals surface area contributed by atoms with Crippen LogP contribution in [-0.2, 0) is 11.3 Å². The number of rotatable bonds is 6. The van der Waals surface area contributed by atoms with E-state index in [1.165, 1.54) is 19.2 Å².